The van der Waals surface area contributed by atoms with Gasteiger partial charge in [-0.3, -0.25) is 0 Å². The Hall–Kier alpha value is -4.74. The summed E-state index contributed by atoms with van der Waals surface area (Å²) >= 11 is 0. The SMILES string of the molecule is CN1C=CN(c2[c-]c(Oc3[c-]c(Oc4ccccn4)cc4oc5ccccc5c34)c3oc4ccccc4c3c2)[CH-]1.[Pt]. The monoisotopic (exact) mass is 717 g/mol. The Morgan fingerprint density at radius 1 is 0.756 bits per heavy atom. The Morgan fingerprint density at radius 3 is 2.32 bits per heavy atom. The first-order valence-corrected chi connectivity index (χ1v) is 12.7. The average molecular weight is 718 g/mol. The van der Waals surface area contributed by atoms with E-state index >= 15 is 0 Å². The zero-order valence-corrected chi connectivity index (χ0v) is 23.9. The van der Waals surface area contributed by atoms with Gasteiger partial charge in [0.2, 0.25) is 5.88 Å². The van der Waals surface area contributed by atoms with Crippen molar-refractivity contribution in [2.45, 2.75) is 0 Å². The maximum Gasteiger partial charge on any atom is 0.216 e. The first-order chi connectivity index (χ1) is 19.7. The van der Waals surface area contributed by atoms with Crippen LogP contribution in [0.2, 0.25) is 0 Å². The van der Waals surface area contributed by atoms with Gasteiger partial charge < -0.3 is 28.1 Å². The van der Waals surface area contributed by atoms with Crippen LogP contribution >= 0.6 is 0 Å². The molecule has 204 valence electrons. The van der Waals surface area contributed by atoms with Gasteiger partial charge in [-0.25, -0.2) is 4.98 Å². The minimum Gasteiger partial charge on any atom is -0.512 e. The minimum absolute atomic E-state index is 0. The summed E-state index contributed by atoms with van der Waals surface area (Å²) in [4.78, 5) is 8.24. The third-order valence-corrected chi connectivity index (χ3v) is 6.81. The molecule has 4 aromatic carbocycles. The van der Waals surface area contributed by atoms with Crippen molar-refractivity contribution < 1.29 is 39.4 Å². The molecule has 1 aliphatic rings. The van der Waals surface area contributed by atoms with Crippen molar-refractivity contribution in [3.63, 3.8) is 0 Å². The number of furan rings is 2. The summed E-state index contributed by atoms with van der Waals surface area (Å²) in [5.41, 5.74) is 3.50. The van der Waals surface area contributed by atoms with Crippen molar-refractivity contribution in [3.05, 3.63) is 116 Å². The number of benzene rings is 4. The van der Waals surface area contributed by atoms with E-state index in [1.54, 1.807) is 18.3 Å². The molecule has 0 atom stereocenters. The van der Waals surface area contributed by atoms with Crippen LogP contribution in [0, 0.1) is 18.8 Å². The molecule has 8 rings (SSSR count). The van der Waals surface area contributed by atoms with E-state index in [4.69, 9.17) is 18.3 Å². The molecule has 0 unspecified atom stereocenters. The van der Waals surface area contributed by atoms with Crippen molar-refractivity contribution in [1.82, 2.24) is 9.88 Å². The molecule has 0 saturated heterocycles. The molecule has 7 aromatic rings. The Labute approximate surface area is 249 Å². The number of hydrogen-bond acceptors (Lipinski definition) is 7. The van der Waals surface area contributed by atoms with E-state index < -0.39 is 0 Å². The molecule has 3 aromatic heterocycles. The summed E-state index contributed by atoms with van der Waals surface area (Å²) in [6.45, 7) is 1.97. The van der Waals surface area contributed by atoms with Gasteiger partial charge in [0.1, 0.15) is 11.2 Å². The Balaban J connectivity index is 0.00000276. The third-order valence-electron chi connectivity index (χ3n) is 6.81. The van der Waals surface area contributed by atoms with Gasteiger partial charge in [0.25, 0.3) is 0 Å². The van der Waals surface area contributed by atoms with Crippen molar-refractivity contribution in [3.8, 4) is 23.1 Å². The number of aromatic nitrogens is 1. The van der Waals surface area contributed by atoms with Gasteiger partial charge in [0.05, 0.1) is 11.3 Å². The average Bonchev–Trinajstić information content (AvgIpc) is 3.68. The van der Waals surface area contributed by atoms with Crippen molar-refractivity contribution in [2.75, 3.05) is 11.9 Å². The number of nitrogens with zero attached hydrogens (tertiary/aromatic N) is 3. The van der Waals surface area contributed by atoms with Crippen LogP contribution in [0.4, 0.5) is 5.69 Å². The number of anilines is 1. The molecular weight excluding hydrogens is 697 g/mol. The molecule has 0 saturated carbocycles. The molecular formula is C33H20N3O4Pt-3. The number of fused-ring (bicyclic) bond motifs is 6. The van der Waals surface area contributed by atoms with E-state index in [9.17, 15) is 0 Å². The summed E-state index contributed by atoms with van der Waals surface area (Å²) in [5.74, 6) is 1.71. The second-order valence-electron chi connectivity index (χ2n) is 9.48. The minimum atomic E-state index is 0. The van der Waals surface area contributed by atoms with Crippen molar-refractivity contribution in [2.24, 2.45) is 0 Å². The van der Waals surface area contributed by atoms with Crippen LogP contribution in [-0.4, -0.2) is 16.9 Å². The standard InChI is InChI=1S/C33H20N3O4.Pt/c1-35-14-15-36(20-35)21-16-25-23-8-2-4-10-26(23)40-33(25)30(17-21)39-29-19-22(37-31-12-6-7-13-34-31)18-28-32(29)24-9-3-5-11-27(24)38-28;/h2-16,18,20H,1H3;/q-3;. The molecule has 7 nitrogen and oxygen atoms in total. The smallest absolute Gasteiger partial charge is 0.216 e. The molecule has 0 fully saturated rings. The van der Waals surface area contributed by atoms with Gasteiger partial charge in [-0.2, -0.15) is 6.67 Å². The summed E-state index contributed by atoms with van der Waals surface area (Å²) in [7, 11) is 1.97. The number of ether oxygens (including phenoxy) is 2. The molecule has 4 heterocycles. The van der Waals surface area contributed by atoms with Crippen molar-refractivity contribution in [1.29, 1.82) is 0 Å². The normalized spacial score (nSPS) is 13.0. The van der Waals surface area contributed by atoms with Crippen LogP contribution in [0.15, 0.2) is 106 Å². The first kappa shape index (κ1) is 25.2. The summed E-state index contributed by atoms with van der Waals surface area (Å²) < 4.78 is 25.2. The maximum atomic E-state index is 6.66. The molecule has 8 heteroatoms. The molecule has 41 heavy (non-hydrogen) atoms. The van der Waals surface area contributed by atoms with Crippen molar-refractivity contribution >= 4 is 49.6 Å². The van der Waals surface area contributed by atoms with E-state index in [1.807, 2.05) is 96.6 Å². The molecule has 0 N–H and O–H groups in total. The Morgan fingerprint density at radius 2 is 1.54 bits per heavy atom. The molecule has 0 radical (unpaired) electrons. The van der Waals surface area contributed by atoms with E-state index in [-0.39, 0.29) is 21.1 Å². The van der Waals surface area contributed by atoms with Gasteiger partial charge in [-0.15, -0.1) is 17.8 Å². The van der Waals surface area contributed by atoms with Gasteiger partial charge in [0.15, 0.2) is 0 Å². The van der Waals surface area contributed by atoms with Crippen LogP contribution in [0.1, 0.15) is 0 Å². The van der Waals surface area contributed by atoms with Gasteiger partial charge >= 0.3 is 0 Å². The topological polar surface area (TPSA) is 64.1 Å². The first-order valence-electron chi connectivity index (χ1n) is 12.7. The van der Waals surface area contributed by atoms with Crippen LogP contribution in [0.25, 0.3) is 43.9 Å². The van der Waals surface area contributed by atoms with Gasteiger partial charge in [0, 0.05) is 55.8 Å². The second kappa shape index (κ2) is 10.0. The second-order valence-corrected chi connectivity index (χ2v) is 9.48. The maximum absolute atomic E-state index is 6.66. The molecule has 0 bridgehead atoms. The number of rotatable bonds is 5. The predicted octanol–water partition coefficient (Wildman–Crippen LogP) is 8.41. The molecule has 0 amide bonds. The largest absolute Gasteiger partial charge is 0.512 e. The molecule has 0 aliphatic carbocycles. The summed E-state index contributed by atoms with van der Waals surface area (Å²) in [5, 5.41) is 3.59. The molecule has 0 spiro atoms. The van der Waals surface area contributed by atoms with Crippen LogP contribution < -0.4 is 14.4 Å². The predicted molar refractivity (Wildman–Crippen MR) is 153 cm³/mol. The van der Waals surface area contributed by atoms with Crippen LogP contribution in [0.3, 0.4) is 0 Å². The zero-order chi connectivity index (χ0) is 26.6. The van der Waals surface area contributed by atoms with Gasteiger partial charge in [-0.05, 0) is 48.4 Å². The van der Waals surface area contributed by atoms with Crippen LogP contribution in [0.5, 0.6) is 23.1 Å². The number of para-hydroxylation sites is 2. The number of pyridine rings is 1. The van der Waals surface area contributed by atoms with E-state index in [1.165, 1.54) is 0 Å². The summed E-state index contributed by atoms with van der Waals surface area (Å²) in [6.07, 6.45) is 5.62. The quantitative estimate of drug-likeness (QED) is 0.166. The van der Waals surface area contributed by atoms with E-state index in [0.29, 0.717) is 34.3 Å². The third kappa shape index (κ3) is 4.39. The number of hydrogen-bond donors (Lipinski definition) is 0. The zero-order valence-electron chi connectivity index (χ0n) is 21.6. The fourth-order valence-corrected chi connectivity index (χ4v) is 5.01. The fourth-order valence-electron chi connectivity index (χ4n) is 5.01. The molecule has 1 aliphatic heterocycles. The van der Waals surface area contributed by atoms with E-state index in [0.717, 1.165) is 38.4 Å². The Kier molecular flexibility index (Phi) is 6.17. The van der Waals surface area contributed by atoms with Gasteiger partial charge in [-0.1, -0.05) is 60.0 Å². The van der Waals surface area contributed by atoms with E-state index in [2.05, 4.69) is 23.2 Å². The Bertz CT molecular complexity index is 2080. The summed E-state index contributed by atoms with van der Waals surface area (Å²) in [6, 6.07) is 31.8. The van der Waals surface area contributed by atoms with Crippen LogP contribution in [-0.2, 0) is 21.1 Å². The fraction of sp³-hybridized carbons (Fsp3) is 0.0303.